The number of phosphoric acid groups is 2. The van der Waals surface area contributed by atoms with Gasteiger partial charge < -0.3 is 33.8 Å². The minimum atomic E-state index is -4.95. The Labute approximate surface area is 568 Å². The Bertz CT molecular complexity index is 1790. The lowest BCUT2D eigenvalue weighted by atomic mass is 10.0. The van der Waals surface area contributed by atoms with Crippen molar-refractivity contribution < 1.29 is 80.2 Å². The van der Waals surface area contributed by atoms with Gasteiger partial charge in [0, 0.05) is 25.7 Å². The largest absolute Gasteiger partial charge is 0.472 e. The second-order valence-corrected chi connectivity index (χ2v) is 30.1. The summed E-state index contributed by atoms with van der Waals surface area (Å²) < 4.78 is 68.4. The highest BCUT2D eigenvalue weighted by Crippen LogP contribution is 2.45. The summed E-state index contributed by atoms with van der Waals surface area (Å²) in [6.07, 6.45) is 55.4. The van der Waals surface area contributed by atoms with E-state index in [1.165, 1.54) is 212 Å². The molecule has 0 aromatic rings. The fraction of sp³-hybridized carbons (Fsp3) is 0.946. The van der Waals surface area contributed by atoms with Crippen LogP contribution in [0.2, 0.25) is 0 Å². The normalized spacial score (nSPS) is 14.0. The third-order valence-corrected chi connectivity index (χ3v) is 19.2. The van der Waals surface area contributed by atoms with Gasteiger partial charge in [0.05, 0.1) is 26.4 Å². The first-order valence-electron chi connectivity index (χ1n) is 38.6. The van der Waals surface area contributed by atoms with E-state index >= 15 is 0 Å². The summed E-state index contributed by atoms with van der Waals surface area (Å²) >= 11 is 0. The van der Waals surface area contributed by atoms with Crippen molar-refractivity contribution in [3.8, 4) is 0 Å². The second kappa shape index (κ2) is 67.3. The molecule has 0 rings (SSSR count). The van der Waals surface area contributed by atoms with Crippen LogP contribution in [0.5, 0.6) is 0 Å². The summed E-state index contributed by atoms with van der Waals surface area (Å²) in [5.41, 5.74) is 0. The summed E-state index contributed by atoms with van der Waals surface area (Å²) in [5.74, 6) is -1.37. The molecule has 19 heteroatoms. The van der Waals surface area contributed by atoms with E-state index in [2.05, 4.69) is 34.6 Å². The van der Waals surface area contributed by atoms with E-state index < -0.39 is 97.5 Å². The third-order valence-electron chi connectivity index (χ3n) is 17.3. The molecule has 0 bridgehead atoms. The molecule has 0 aliphatic rings. The van der Waals surface area contributed by atoms with Gasteiger partial charge in [-0.15, -0.1) is 0 Å². The monoisotopic (exact) mass is 1370 g/mol. The molecule has 5 atom stereocenters. The molecule has 0 heterocycles. The molecule has 0 aliphatic heterocycles. The fourth-order valence-electron chi connectivity index (χ4n) is 11.4. The Morgan fingerprint density at radius 1 is 0.290 bits per heavy atom. The van der Waals surface area contributed by atoms with Gasteiger partial charge in [-0.3, -0.25) is 37.3 Å². The first-order chi connectivity index (χ1) is 45.0. The lowest BCUT2D eigenvalue weighted by Crippen LogP contribution is -2.30. The molecule has 0 aliphatic carbocycles. The van der Waals surface area contributed by atoms with Gasteiger partial charge in [-0.2, -0.15) is 0 Å². The summed E-state index contributed by atoms with van der Waals surface area (Å²) in [5, 5.41) is 10.6. The van der Waals surface area contributed by atoms with Crippen LogP contribution < -0.4 is 0 Å². The molecule has 2 unspecified atom stereocenters. The van der Waals surface area contributed by atoms with E-state index in [4.69, 9.17) is 37.0 Å². The minimum Gasteiger partial charge on any atom is -0.462 e. The van der Waals surface area contributed by atoms with E-state index in [-0.39, 0.29) is 25.7 Å². The van der Waals surface area contributed by atoms with Crippen molar-refractivity contribution in [2.45, 2.75) is 406 Å². The molecule has 0 aromatic heterocycles. The zero-order chi connectivity index (χ0) is 68.4. The first-order valence-corrected chi connectivity index (χ1v) is 41.6. The second-order valence-electron chi connectivity index (χ2n) is 27.2. The average molecular weight is 1370 g/mol. The number of carbonyl (C=O) groups is 4. The highest BCUT2D eigenvalue weighted by molar-refractivity contribution is 7.47. The summed E-state index contributed by atoms with van der Waals surface area (Å²) in [4.78, 5) is 72.7. The Balaban J connectivity index is 5.21. The number of hydrogen-bond donors (Lipinski definition) is 3. The predicted octanol–water partition coefficient (Wildman–Crippen LogP) is 21.7. The van der Waals surface area contributed by atoms with Crippen LogP contribution in [-0.2, 0) is 65.4 Å². The van der Waals surface area contributed by atoms with Gasteiger partial charge in [-0.25, -0.2) is 9.13 Å². The topological polar surface area (TPSA) is 237 Å². The molecule has 0 radical (unpaired) electrons. The Kier molecular flexibility index (Phi) is 65.9. The minimum absolute atomic E-state index is 0.108. The van der Waals surface area contributed by atoms with Gasteiger partial charge in [-0.05, 0) is 31.6 Å². The van der Waals surface area contributed by atoms with Crippen LogP contribution in [0.4, 0.5) is 0 Å². The number of unbranched alkanes of at least 4 members (excludes halogenated alkanes) is 46. The Morgan fingerprint density at radius 3 is 0.731 bits per heavy atom. The number of phosphoric ester groups is 2. The molecule has 3 N–H and O–H groups in total. The van der Waals surface area contributed by atoms with Gasteiger partial charge in [0.2, 0.25) is 0 Å². The molecule has 0 fully saturated rings. The lowest BCUT2D eigenvalue weighted by molar-refractivity contribution is -0.161. The van der Waals surface area contributed by atoms with E-state index in [9.17, 15) is 43.2 Å². The number of aliphatic hydroxyl groups is 1. The summed E-state index contributed by atoms with van der Waals surface area (Å²) in [6, 6.07) is 0. The molecular formula is C74H144O17P2. The van der Waals surface area contributed by atoms with Crippen molar-refractivity contribution in [2.24, 2.45) is 5.92 Å². The number of esters is 4. The van der Waals surface area contributed by atoms with E-state index in [0.717, 1.165) is 95.8 Å². The van der Waals surface area contributed by atoms with Crippen molar-refractivity contribution in [3.63, 3.8) is 0 Å². The van der Waals surface area contributed by atoms with Crippen molar-refractivity contribution in [2.75, 3.05) is 39.6 Å². The van der Waals surface area contributed by atoms with Crippen LogP contribution in [0, 0.1) is 5.92 Å². The summed E-state index contributed by atoms with van der Waals surface area (Å²) in [7, 11) is -9.90. The number of carbonyl (C=O) groups excluding carboxylic acids is 4. The molecular weight excluding hydrogens is 1220 g/mol. The van der Waals surface area contributed by atoms with Crippen molar-refractivity contribution in [1.29, 1.82) is 0 Å². The Morgan fingerprint density at radius 2 is 0.495 bits per heavy atom. The van der Waals surface area contributed by atoms with Gasteiger partial charge >= 0.3 is 39.5 Å². The maximum atomic E-state index is 13.1. The van der Waals surface area contributed by atoms with Crippen LogP contribution in [0.1, 0.15) is 388 Å². The predicted molar refractivity (Wildman–Crippen MR) is 377 cm³/mol. The number of aliphatic hydroxyl groups excluding tert-OH is 1. The SMILES string of the molecule is CCCCCCCCCCCCCCCCCCCCCC(=O)O[C@H](COC(=O)CCCCCCCCCCCC(C)C)COP(=O)(O)OC[C@@H](O)COP(=O)(O)OC[C@@H](COC(=O)CCCCCCCCCCCC)OC(=O)CCCCCCCCCCCCCC. The van der Waals surface area contributed by atoms with Gasteiger partial charge in [-0.1, -0.05) is 336 Å². The van der Waals surface area contributed by atoms with Crippen molar-refractivity contribution >= 4 is 39.5 Å². The molecule has 0 spiro atoms. The molecule has 0 amide bonds. The highest BCUT2D eigenvalue weighted by atomic mass is 31.2. The van der Waals surface area contributed by atoms with Gasteiger partial charge in [0.15, 0.2) is 12.2 Å². The van der Waals surface area contributed by atoms with Gasteiger partial charge in [0.25, 0.3) is 0 Å². The first kappa shape index (κ1) is 91.1. The van der Waals surface area contributed by atoms with Crippen LogP contribution in [0.3, 0.4) is 0 Å². The van der Waals surface area contributed by atoms with E-state index in [1.54, 1.807) is 0 Å². The van der Waals surface area contributed by atoms with Crippen LogP contribution in [0.25, 0.3) is 0 Å². The zero-order valence-corrected chi connectivity index (χ0v) is 62.2. The number of hydrogen-bond acceptors (Lipinski definition) is 15. The van der Waals surface area contributed by atoms with Crippen molar-refractivity contribution in [3.05, 3.63) is 0 Å². The Hall–Kier alpha value is -1.94. The quantitative estimate of drug-likeness (QED) is 0.0222. The van der Waals surface area contributed by atoms with Gasteiger partial charge in [0.1, 0.15) is 19.3 Å². The van der Waals surface area contributed by atoms with E-state index in [0.29, 0.717) is 25.7 Å². The molecule has 552 valence electrons. The fourth-order valence-corrected chi connectivity index (χ4v) is 12.9. The van der Waals surface area contributed by atoms with Crippen molar-refractivity contribution in [1.82, 2.24) is 0 Å². The third kappa shape index (κ3) is 68.4. The van der Waals surface area contributed by atoms with Crippen LogP contribution in [0.15, 0.2) is 0 Å². The maximum absolute atomic E-state index is 13.1. The van der Waals surface area contributed by atoms with Crippen LogP contribution in [-0.4, -0.2) is 96.7 Å². The molecule has 0 aromatic carbocycles. The smallest absolute Gasteiger partial charge is 0.462 e. The molecule has 0 saturated carbocycles. The number of rotatable bonds is 74. The maximum Gasteiger partial charge on any atom is 0.472 e. The molecule has 0 saturated heterocycles. The standard InChI is InChI=1S/C74H144O17P2/c1-6-9-12-15-18-21-24-26-27-28-29-30-31-32-34-39-45-50-55-60-74(79)91-70(64-85-72(77)58-53-48-43-40-35-36-41-46-51-56-67(4)5)66-89-93(82,83)87-62-68(75)61-86-92(80,81)88-65-69(63-84-71(76)57-52-47-42-37-23-20-17-14-11-8-3)90-73(78)59-54-49-44-38-33-25-22-19-16-13-10-7-2/h67-70,75H,6-66H2,1-5H3,(H,80,81)(H,82,83)/t68-,69+,70+/m0/s1. The highest BCUT2D eigenvalue weighted by Gasteiger charge is 2.30. The van der Waals surface area contributed by atoms with E-state index in [1.807, 2.05) is 0 Å². The summed E-state index contributed by atoms with van der Waals surface area (Å²) in [6.45, 7) is 7.25. The molecule has 17 nitrogen and oxygen atoms in total. The van der Waals surface area contributed by atoms with Crippen LogP contribution >= 0.6 is 15.6 Å². The lowest BCUT2D eigenvalue weighted by Gasteiger charge is -2.21. The molecule has 93 heavy (non-hydrogen) atoms. The number of ether oxygens (including phenoxy) is 4. The zero-order valence-electron chi connectivity index (χ0n) is 60.4. The average Bonchev–Trinajstić information content (AvgIpc) is 3.39.